The zero-order chi connectivity index (χ0) is 22.1. The highest BCUT2D eigenvalue weighted by atomic mass is 19.1. The Balaban J connectivity index is 2.12. The SMILES string of the molecule is CCCNC(=O)C(C)N(Cc1ccccc1F)C(=O)CCc1ccc(C(C)C)cc1. The van der Waals surface area contributed by atoms with Crippen molar-refractivity contribution in [2.45, 2.75) is 65.5 Å². The van der Waals surface area contributed by atoms with Gasteiger partial charge < -0.3 is 10.2 Å². The van der Waals surface area contributed by atoms with Gasteiger partial charge in [-0.25, -0.2) is 4.39 Å². The molecular formula is C25H33FN2O2. The second-order valence-electron chi connectivity index (χ2n) is 7.98. The average molecular weight is 413 g/mol. The first-order valence-electron chi connectivity index (χ1n) is 10.7. The lowest BCUT2D eigenvalue weighted by molar-refractivity contribution is -0.140. The van der Waals surface area contributed by atoms with E-state index in [1.165, 1.54) is 16.5 Å². The number of carbonyl (C=O) groups is 2. The van der Waals surface area contributed by atoms with Crippen molar-refractivity contribution in [3.8, 4) is 0 Å². The van der Waals surface area contributed by atoms with Gasteiger partial charge in [0.2, 0.25) is 11.8 Å². The van der Waals surface area contributed by atoms with Crippen LogP contribution in [0.5, 0.6) is 0 Å². The lowest BCUT2D eigenvalue weighted by Crippen LogP contribution is -2.47. The number of benzene rings is 2. The molecule has 0 spiro atoms. The number of nitrogens with one attached hydrogen (secondary N) is 1. The highest BCUT2D eigenvalue weighted by Crippen LogP contribution is 2.18. The van der Waals surface area contributed by atoms with Crippen molar-refractivity contribution in [1.82, 2.24) is 10.2 Å². The number of hydrogen-bond donors (Lipinski definition) is 1. The van der Waals surface area contributed by atoms with E-state index in [0.717, 1.165) is 12.0 Å². The molecular weight excluding hydrogens is 379 g/mol. The van der Waals surface area contributed by atoms with Crippen molar-refractivity contribution >= 4 is 11.8 Å². The zero-order valence-corrected chi connectivity index (χ0v) is 18.5. The average Bonchev–Trinajstić information content (AvgIpc) is 2.75. The molecule has 4 nitrogen and oxygen atoms in total. The summed E-state index contributed by atoms with van der Waals surface area (Å²) in [6, 6.07) is 14.0. The predicted molar refractivity (Wildman–Crippen MR) is 119 cm³/mol. The summed E-state index contributed by atoms with van der Waals surface area (Å²) in [7, 11) is 0. The van der Waals surface area contributed by atoms with Crippen molar-refractivity contribution in [2.24, 2.45) is 0 Å². The lowest BCUT2D eigenvalue weighted by atomic mass is 10.00. The highest BCUT2D eigenvalue weighted by molar-refractivity contribution is 5.87. The molecule has 0 aliphatic rings. The highest BCUT2D eigenvalue weighted by Gasteiger charge is 2.26. The number of carbonyl (C=O) groups excluding carboxylic acids is 2. The van der Waals surface area contributed by atoms with Gasteiger partial charge in [0.25, 0.3) is 0 Å². The third-order valence-electron chi connectivity index (χ3n) is 5.29. The number of rotatable bonds is 10. The molecule has 0 aliphatic heterocycles. The number of amides is 2. The minimum atomic E-state index is -0.674. The van der Waals surface area contributed by atoms with Gasteiger partial charge in [-0.2, -0.15) is 0 Å². The second kappa shape index (κ2) is 11.5. The minimum Gasteiger partial charge on any atom is -0.354 e. The summed E-state index contributed by atoms with van der Waals surface area (Å²) in [6.07, 6.45) is 1.65. The van der Waals surface area contributed by atoms with Crippen molar-refractivity contribution < 1.29 is 14.0 Å². The summed E-state index contributed by atoms with van der Waals surface area (Å²) in [6.45, 7) is 8.57. The molecule has 0 radical (unpaired) electrons. The van der Waals surface area contributed by atoms with Gasteiger partial charge in [0.15, 0.2) is 0 Å². The topological polar surface area (TPSA) is 49.4 Å². The molecule has 162 valence electrons. The van der Waals surface area contributed by atoms with Crippen LogP contribution in [0.25, 0.3) is 0 Å². The molecule has 0 saturated heterocycles. The van der Waals surface area contributed by atoms with Crippen molar-refractivity contribution in [2.75, 3.05) is 6.54 Å². The van der Waals surface area contributed by atoms with Crippen LogP contribution in [0.1, 0.15) is 63.1 Å². The van der Waals surface area contributed by atoms with Crippen LogP contribution in [0.3, 0.4) is 0 Å². The van der Waals surface area contributed by atoms with Crippen LogP contribution < -0.4 is 5.32 Å². The number of hydrogen-bond acceptors (Lipinski definition) is 2. The fourth-order valence-electron chi connectivity index (χ4n) is 3.25. The van der Waals surface area contributed by atoms with Gasteiger partial charge in [0.05, 0.1) is 0 Å². The number of halogens is 1. The van der Waals surface area contributed by atoms with Crippen molar-refractivity contribution in [3.05, 3.63) is 71.0 Å². The Morgan fingerprint density at radius 2 is 1.70 bits per heavy atom. The molecule has 0 aromatic heterocycles. The first-order valence-corrected chi connectivity index (χ1v) is 10.7. The van der Waals surface area contributed by atoms with E-state index in [2.05, 4.69) is 31.3 Å². The quantitative estimate of drug-likeness (QED) is 0.608. The molecule has 2 rings (SSSR count). The fourth-order valence-corrected chi connectivity index (χ4v) is 3.25. The molecule has 0 fully saturated rings. The maximum Gasteiger partial charge on any atom is 0.242 e. The van der Waals surface area contributed by atoms with Crippen molar-refractivity contribution in [1.29, 1.82) is 0 Å². The fraction of sp³-hybridized carbons (Fsp3) is 0.440. The first kappa shape index (κ1) is 23.6. The molecule has 0 bridgehead atoms. The molecule has 2 amide bonds. The van der Waals surface area contributed by atoms with E-state index in [0.29, 0.717) is 24.4 Å². The monoisotopic (exact) mass is 412 g/mol. The van der Waals surface area contributed by atoms with Gasteiger partial charge in [-0.3, -0.25) is 9.59 Å². The molecule has 1 unspecified atom stereocenters. The molecule has 30 heavy (non-hydrogen) atoms. The summed E-state index contributed by atoms with van der Waals surface area (Å²) in [5, 5.41) is 2.83. The van der Waals surface area contributed by atoms with Crippen LogP contribution in [0.4, 0.5) is 4.39 Å². The Morgan fingerprint density at radius 3 is 2.30 bits per heavy atom. The predicted octanol–water partition coefficient (Wildman–Crippen LogP) is 4.83. The zero-order valence-electron chi connectivity index (χ0n) is 18.5. The van der Waals surface area contributed by atoms with E-state index in [-0.39, 0.29) is 30.6 Å². The third-order valence-corrected chi connectivity index (χ3v) is 5.29. The number of nitrogens with zero attached hydrogens (tertiary/aromatic N) is 1. The van der Waals surface area contributed by atoms with Crippen LogP contribution in [-0.2, 0) is 22.6 Å². The van der Waals surface area contributed by atoms with Crippen LogP contribution in [-0.4, -0.2) is 29.3 Å². The first-order chi connectivity index (χ1) is 14.3. The van der Waals surface area contributed by atoms with Gasteiger partial charge in [0, 0.05) is 25.1 Å². The van der Waals surface area contributed by atoms with Crippen LogP contribution in [0, 0.1) is 5.82 Å². The minimum absolute atomic E-state index is 0.0680. The standard InChI is InChI=1S/C25H33FN2O2/c1-5-16-27-25(30)19(4)28(17-22-8-6-7-9-23(22)26)24(29)15-12-20-10-13-21(14-11-20)18(2)3/h6-11,13-14,18-19H,5,12,15-17H2,1-4H3,(H,27,30). The van der Waals surface area contributed by atoms with Gasteiger partial charge in [0.1, 0.15) is 11.9 Å². The maximum absolute atomic E-state index is 14.2. The molecule has 1 N–H and O–H groups in total. The normalized spacial score (nSPS) is 11.9. The Morgan fingerprint density at radius 1 is 1.03 bits per heavy atom. The van der Waals surface area contributed by atoms with E-state index >= 15 is 0 Å². The Kier molecular flexibility index (Phi) is 9.03. The van der Waals surface area contributed by atoms with Gasteiger partial charge in [-0.05, 0) is 42.9 Å². The summed E-state index contributed by atoms with van der Waals surface area (Å²) < 4.78 is 14.2. The molecule has 0 aliphatic carbocycles. The Bertz CT molecular complexity index is 833. The Labute approximate surface area is 179 Å². The van der Waals surface area contributed by atoms with Gasteiger partial charge >= 0.3 is 0 Å². The molecule has 0 heterocycles. The summed E-state index contributed by atoms with van der Waals surface area (Å²) in [4.78, 5) is 27.0. The van der Waals surface area contributed by atoms with Crippen LogP contribution in [0.15, 0.2) is 48.5 Å². The Hall–Kier alpha value is -2.69. The van der Waals surface area contributed by atoms with E-state index in [9.17, 15) is 14.0 Å². The third kappa shape index (κ3) is 6.68. The van der Waals surface area contributed by atoms with E-state index in [1.54, 1.807) is 25.1 Å². The largest absolute Gasteiger partial charge is 0.354 e. The van der Waals surface area contributed by atoms with E-state index in [4.69, 9.17) is 0 Å². The molecule has 0 saturated carbocycles. The molecule has 1 atom stereocenters. The summed E-state index contributed by atoms with van der Waals surface area (Å²) >= 11 is 0. The van der Waals surface area contributed by atoms with E-state index in [1.807, 2.05) is 19.1 Å². The van der Waals surface area contributed by atoms with Crippen LogP contribution >= 0.6 is 0 Å². The molecule has 2 aromatic carbocycles. The van der Waals surface area contributed by atoms with Gasteiger partial charge in [-0.1, -0.05) is 63.2 Å². The maximum atomic E-state index is 14.2. The number of aryl methyl sites for hydroxylation is 1. The summed E-state index contributed by atoms with van der Waals surface area (Å²) in [5.74, 6) is -0.298. The lowest BCUT2D eigenvalue weighted by Gasteiger charge is -2.29. The second-order valence-corrected chi connectivity index (χ2v) is 7.98. The van der Waals surface area contributed by atoms with E-state index < -0.39 is 6.04 Å². The summed E-state index contributed by atoms with van der Waals surface area (Å²) in [5.41, 5.74) is 2.73. The molecule has 2 aromatic rings. The van der Waals surface area contributed by atoms with Crippen LogP contribution in [0.2, 0.25) is 0 Å². The smallest absolute Gasteiger partial charge is 0.242 e. The van der Waals surface area contributed by atoms with Gasteiger partial charge in [-0.15, -0.1) is 0 Å². The molecule has 5 heteroatoms. The van der Waals surface area contributed by atoms with Crippen molar-refractivity contribution in [3.63, 3.8) is 0 Å².